The van der Waals surface area contributed by atoms with E-state index in [1.807, 2.05) is 26.8 Å². The van der Waals surface area contributed by atoms with E-state index in [-0.39, 0.29) is 16.9 Å². The van der Waals surface area contributed by atoms with Crippen LogP contribution in [-0.4, -0.2) is 27.7 Å². The number of para-hydroxylation sites is 1. The maximum absolute atomic E-state index is 10.1. The SMILES string of the molecule is CC(C)(C)c1cccc(/C(CO)=N/O)c1O. The summed E-state index contributed by atoms with van der Waals surface area (Å²) in [5, 5.41) is 30.7. The number of nitrogens with zero attached hydrogens (tertiary/aromatic N) is 1. The number of oxime groups is 1. The predicted octanol–water partition coefficient (Wildman–Crippen LogP) is 1.86. The molecule has 0 saturated carbocycles. The zero-order valence-corrected chi connectivity index (χ0v) is 9.73. The van der Waals surface area contributed by atoms with Gasteiger partial charge in [0.1, 0.15) is 11.5 Å². The second-order valence-electron chi connectivity index (χ2n) is 4.66. The van der Waals surface area contributed by atoms with Crippen molar-refractivity contribution in [2.75, 3.05) is 6.61 Å². The Labute approximate surface area is 94.9 Å². The molecule has 1 aromatic rings. The molecule has 16 heavy (non-hydrogen) atoms. The highest BCUT2D eigenvalue weighted by atomic mass is 16.4. The van der Waals surface area contributed by atoms with Crippen molar-refractivity contribution in [3.63, 3.8) is 0 Å². The fourth-order valence-electron chi connectivity index (χ4n) is 1.55. The van der Waals surface area contributed by atoms with Crippen LogP contribution in [0.1, 0.15) is 31.9 Å². The molecule has 0 amide bonds. The molecule has 0 aromatic heterocycles. The second kappa shape index (κ2) is 4.53. The zero-order valence-electron chi connectivity index (χ0n) is 9.73. The van der Waals surface area contributed by atoms with Crippen molar-refractivity contribution in [2.24, 2.45) is 5.16 Å². The maximum atomic E-state index is 10.1. The normalized spacial score (nSPS) is 12.9. The average molecular weight is 223 g/mol. The van der Waals surface area contributed by atoms with Crippen LogP contribution in [0.4, 0.5) is 0 Å². The summed E-state index contributed by atoms with van der Waals surface area (Å²) in [6, 6.07) is 5.18. The lowest BCUT2D eigenvalue weighted by atomic mass is 9.85. The third-order valence-corrected chi connectivity index (χ3v) is 2.43. The first-order valence-electron chi connectivity index (χ1n) is 5.06. The summed E-state index contributed by atoms with van der Waals surface area (Å²) in [6.45, 7) is 5.50. The van der Waals surface area contributed by atoms with E-state index in [4.69, 9.17) is 10.3 Å². The third kappa shape index (κ3) is 2.33. The molecule has 1 aromatic carbocycles. The van der Waals surface area contributed by atoms with Gasteiger partial charge in [0.25, 0.3) is 0 Å². The van der Waals surface area contributed by atoms with Crippen molar-refractivity contribution in [3.05, 3.63) is 29.3 Å². The number of phenolic OH excluding ortho intramolecular Hbond substituents is 1. The molecule has 0 fully saturated rings. The Morgan fingerprint density at radius 3 is 2.38 bits per heavy atom. The molecule has 0 aliphatic heterocycles. The lowest BCUT2D eigenvalue weighted by Crippen LogP contribution is -2.14. The van der Waals surface area contributed by atoms with Crippen LogP contribution in [0.25, 0.3) is 0 Å². The second-order valence-corrected chi connectivity index (χ2v) is 4.66. The van der Waals surface area contributed by atoms with E-state index in [2.05, 4.69) is 5.16 Å². The Kier molecular flexibility index (Phi) is 3.55. The quantitative estimate of drug-likeness (QED) is 0.407. The van der Waals surface area contributed by atoms with Crippen molar-refractivity contribution in [1.82, 2.24) is 0 Å². The van der Waals surface area contributed by atoms with Gasteiger partial charge < -0.3 is 15.4 Å². The van der Waals surface area contributed by atoms with E-state index >= 15 is 0 Å². The van der Waals surface area contributed by atoms with E-state index in [1.165, 1.54) is 0 Å². The summed E-state index contributed by atoms with van der Waals surface area (Å²) in [4.78, 5) is 0. The fraction of sp³-hybridized carbons (Fsp3) is 0.417. The van der Waals surface area contributed by atoms with E-state index in [9.17, 15) is 5.11 Å². The molecule has 0 spiro atoms. The Hall–Kier alpha value is -1.55. The lowest BCUT2D eigenvalue weighted by molar-refractivity contribution is 0.303. The highest BCUT2D eigenvalue weighted by Crippen LogP contribution is 2.33. The maximum Gasteiger partial charge on any atom is 0.128 e. The Balaban J connectivity index is 3.35. The molecule has 0 bridgehead atoms. The summed E-state index contributed by atoms with van der Waals surface area (Å²) in [6.07, 6.45) is 0. The van der Waals surface area contributed by atoms with Crippen molar-refractivity contribution in [3.8, 4) is 5.75 Å². The Morgan fingerprint density at radius 2 is 1.94 bits per heavy atom. The van der Waals surface area contributed by atoms with Crippen LogP contribution >= 0.6 is 0 Å². The number of rotatable bonds is 2. The molecule has 0 heterocycles. The van der Waals surface area contributed by atoms with Gasteiger partial charge in [0.05, 0.1) is 6.61 Å². The van der Waals surface area contributed by atoms with Crippen molar-refractivity contribution >= 4 is 5.71 Å². The molecule has 0 saturated heterocycles. The molecule has 88 valence electrons. The Bertz CT molecular complexity index is 405. The van der Waals surface area contributed by atoms with Crippen LogP contribution in [-0.2, 0) is 5.41 Å². The summed E-state index contributed by atoms with van der Waals surface area (Å²) in [5.41, 5.74) is 0.955. The first-order chi connectivity index (χ1) is 7.41. The minimum absolute atomic E-state index is 0.0526. The van der Waals surface area contributed by atoms with E-state index in [0.717, 1.165) is 5.56 Å². The van der Waals surface area contributed by atoms with E-state index in [1.54, 1.807) is 12.1 Å². The summed E-state index contributed by atoms with van der Waals surface area (Å²) in [7, 11) is 0. The van der Waals surface area contributed by atoms with E-state index in [0.29, 0.717) is 5.56 Å². The van der Waals surface area contributed by atoms with Crippen molar-refractivity contribution in [1.29, 1.82) is 0 Å². The number of hydrogen-bond acceptors (Lipinski definition) is 4. The topological polar surface area (TPSA) is 73.1 Å². The monoisotopic (exact) mass is 223 g/mol. The minimum atomic E-state index is -0.419. The first kappa shape index (κ1) is 12.5. The molecule has 0 unspecified atom stereocenters. The van der Waals surface area contributed by atoms with Gasteiger partial charge in [0, 0.05) is 5.56 Å². The molecular formula is C12H17NO3. The number of hydrogen-bond donors (Lipinski definition) is 3. The number of aliphatic hydroxyl groups is 1. The molecule has 4 heteroatoms. The van der Waals surface area contributed by atoms with Gasteiger partial charge in [-0.25, -0.2) is 0 Å². The van der Waals surface area contributed by atoms with Gasteiger partial charge in [-0.05, 0) is 17.0 Å². The molecule has 0 aliphatic carbocycles. The van der Waals surface area contributed by atoms with E-state index < -0.39 is 6.61 Å². The lowest BCUT2D eigenvalue weighted by Gasteiger charge is -2.21. The smallest absolute Gasteiger partial charge is 0.128 e. The largest absolute Gasteiger partial charge is 0.507 e. The number of aromatic hydroxyl groups is 1. The molecule has 0 radical (unpaired) electrons. The zero-order chi connectivity index (χ0) is 12.3. The molecule has 3 N–H and O–H groups in total. The predicted molar refractivity (Wildman–Crippen MR) is 62.2 cm³/mol. The van der Waals surface area contributed by atoms with Gasteiger partial charge in [0.15, 0.2) is 0 Å². The van der Waals surface area contributed by atoms with Crippen LogP contribution < -0.4 is 0 Å². The fourth-order valence-corrected chi connectivity index (χ4v) is 1.55. The van der Waals surface area contributed by atoms with Gasteiger partial charge in [-0.2, -0.15) is 0 Å². The minimum Gasteiger partial charge on any atom is -0.507 e. The summed E-state index contributed by atoms with van der Waals surface area (Å²) < 4.78 is 0. The van der Waals surface area contributed by atoms with Crippen LogP contribution in [0.2, 0.25) is 0 Å². The van der Waals surface area contributed by atoms with Crippen LogP contribution in [0, 0.1) is 0 Å². The van der Waals surface area contributed by atoms with Crippen molar-refractivity contribution in [2.45, 2.75) is 26.2 Å². The highest BCUT2D eigenvalue weighted by molar-refractivity contribution is 6.03. The molecule has 4 nitrogen and oxygen atoms in total. The summed E-state index contributed by atoms with van der Waals surface area (Å²) in [5.74, 6) is 0.0526. The van der Waals surface area contributed by atoms with Gasteiger partial charge in [0.2, 0.25) is 0 Å². The summed E-state index contributed by atoms with van der Waals surface area (Å²) >= 11 is 0. The first-order valence-corrected chi connectivity index (χ1v) is 5.06. The molecular weight excluding hydrogens is 206 g/mol. The van der Waals surface area contributed by atoms with Crippen LogP contribution in [0.3, 0.4) is 0 Å². The number of aliphatic hydroxyl groups excluding tert-OH is 1. The standard InChI is InChI=1S/C12H17NO3/c1-12(2,3)9-6-4-5-8(11(9)15)10(7-14)13-16/h4-6,14-16H,7H2,1-3H3/b13-10+. The number of benzene rings is 1. The number of phenols is 1. The highest BCUT2D eigenvalue weighted by Gasteiger charge is 2.21. The van der Waals surface area contributed by atoms with Gasteiger partial charge >= 0.3 is 0 Å². The van der Waals surface area contributed by atoms with Crippen LogP contribution in [0.15, 0.2) is 23.4 Å². The van der Waals surface area contributed by atoms with Crippen molar-refractivity contribution < 1.29 is 15.4 Å². The Morgan fingerprint density at radius 1 is 1.31 bits per heavy atom. The molecule has 0 atom stereocenters. The van der Waals surface area contributed by atoms with Gasteiger partial charge in [-0.15, -0.1) is 0 Å². The third-order valence-electron chi connectivity index (χ3n) is 2.43. The molecule has 1 rings (SSSR count). The van der Waals surface area contributed by atoms with Crippen LogP contribution in [0.5, 0.6) is 5.75 Å². The van der Waals surface area contributed by atoms with Gasteiger partial charge in [-0.1, -0.05) is 38.1 Å². The molecule has 0 aliphatic rings. The average Bonchev–Trinajstić information content (AvgIpc) is 2.20. The van der Waals surface area contributed by atoms with Gasteiger partial charge in [-0.3, -0.25) is 0 Å².